The number of hydrogen-bond acceptors (Lipinski definition) is 18. The van der Waals surface area contributed by atoms with Gasteiger partial charge < -0.3 is 59.9 Å². The lowest BCUT2D eigenvalue weighted by Gasteiger charge is -2.47. The van der Waals surface area contributed by atoms with Crippen molar-refractivity contribution in [3.8, 4) is 33.3 Å². The molecule has 462 valence electrons. The Balaban J connectivity index is 0.525. The number of aromatic nitrogens is 5. The van der Waals surface area contributed by atoms with Crippen LogP contribution in [0.25, 0.3) is 21.7 Å². The van der Waals surface area contributed by atoms with Crippen molar-refractivity contribution < 1.29 is 29.1 Å². The molecular weight excluding hydrogens is 1110 g/mol. The number of rotatable bonds is 17. The first-order chi connectivity index (χ1) is 42.2. The van der Waals surface area contributed by atoms with Gasteiger partial charge in [0.1, 0.15) is 23.8 Å². The van der Waals surface area contributed by atoms with E-state index in [2.05, 4.69) is 79.4 Å². The van der Waals surface area contributed by atoms with Crippen LogP contribution in [0.2, 0.25) is 0 Å². The van der Waals surface area contributed by atoms with Crippen molar-refractivity contribution in [1.82, 2.24) is 45.3 Å². The number of nitrogens with two attached hydrogens (primary N) is 1. The SMILES string of the molecule is Cc1ncsc1-c1ccc([C@H](C)NC(=O)[C@@H]2C[C@@H](O)CN2C(=O)[C@@H](c2cc(N3CCC4(CCN(CC5CCN(CC6CC(Oc7cc(N8CC9CCC8CN(c8cc(-c%10ccccc%10O)nnc8N)C9)ccn7)C6)CC5)CC4)CC3)no2)C(C)C)cc1. The number of aliphatic hydroxyl groups excluding tert-OH is 1. The number of aromatic hydroxyl groups is 1. The summed E-state index contributed by atoms with van der Waals surface area (Å²) in [7, 11) is 0. The molecular formula is C67H87N13O6S. The van der Waals surface area contributed by atoms with E-state index in [9.17, 15) is 19.8 Å². The number of phenols is 1. The molecule has 2 amide bonds. The monoisotopic (exact) mass is 1200 g/mol. The largest absolute Gasteiger partial charge is 0.507 e. The Labute approximate surface area is 515 Å². The molecule has 4 aromatic heterocycles. The predicted molar refractivity (Wildman–Crippen MR) is 339 cm³/mol. The number of para-hydroxylation sites is 1. The molecule has 1 saturated carbocycles. The minimum atomic E-state index is -0.794. The third kappa shape index (κ3) is 12.9. The smallest absolute Gasteiger partial charge is 0.243 e. The normalized spacial score (nSPS) is 25.2. The number of hydrogen-bond donors (Lipinski definition) is 4. The number of anilines is 4. The molecule has 8 aliphatic rings. The zero-order valence-corrected chi connectivity index (χ0v) is 51.9. The van der Waals surface area contributed by atoms with Crippen LogP contribution in [0, 0.1) is 36.0 Å². The van der Waals surface area contributed by atoms with Crippen LogP contribution in [0.3, 0.4) is 0 Å². The average molecular weight is 1200 g/mol. The van der Waals surface area contributed by atoms with Gasteiger partial charge in [0.25, 0.3) is 0 Å². The van der Waals surface area contributed by atoms with Crippen LogP contribution in [0.4, 0.5) is 23.0 Å². The first-order valence-corrected chi connectivity index (χ1v) is 33.1. The van der Waals surface area contributed by atoms with Crippen molar-refractivity contribution in [1.29, 1.82) is 0 Å². The van der Waals surface area contributed by atoms with Crippen LogP contribution in [0.5, 0.6) is 11.6 Å². The third-order valence-electron chi connectivity index (χ3n) is 20.8. The second-order valence-corrected chi connectivity index (χ2v) is 27.8. The van der Waals surface area contributed by atoms with Gasteiger partial charge in [-0.25, -0.2) is 9.97 Å². The number of ether oxygens (including phenoxy) is 1. The highest BCUT2D eigenvalue weighted by Gasteiger charge is 2.45. The molecule has 6 atom stereocenters. The Kier molecular flexibility index (Phi) is 17.2. The number of pyridine rings is 1. The van der Waals surface area contributed by atoms with E-state index in [-0.39, 0.29) is 48.6 Å². The Bertz CT molecular complexity index is 3340. The lowest BCUT2D eigenvalue weighted by Crippen LogP contribution is -2.49. The van der Waals surface area contributed by atoms with Gasteiger partial charge in [0.05, 0.1) is 39.6 Å². The van der Waals surface area contributed by atoms with Crippen molar-refractivity contribution in [3.63, 3.8) is 0 Å². The maximum absolute atomic E-state index is 14.5. The molecule has 1 spiro atoms. The maximum atomic E-state index is 14.5. The first-order valence-electron chi connectivity index (χ1n) is 32.2. The van der Waals surface area contributed by atoms with Gasteiger partial charge in [-0.15, -0.1) is 21.5 Å². The predicted octanol–water partition coefficient (Wildman–Crippen LogP) is 9.18. The van der Waals surface area contributed by atoms with Crippen molar-refractivity contribution in [2.45, 2.75) is 135 Å². The number of carbonyl (C=O) groups is 2. The van der Waals surface area contributed by atoms with Gasteiger partial charge in [0.2, 0.25) is 17.7 Å². The average Bonchev–Trinajstić information content (AvgIpc) is 2.10. The molecule has 5 N–H and O–H groups in total. The molecule has 7 saturated heterocycles. The number of nitrogens with zero attached hydrogens (tertiary/aromatic N) is 11. The molecule has 7 aliphatic heterocycles. The van der Waals surface area contributed by atoms with Crippen molar-refractivity contribution in [2.75, 3.05) is 99.0 Å². The highest BCUT2D eigenvalue weighted by atomic mass is 32.1. The van der Waals surface area contributed by atoms with E-state index in [0.29, 0.717) is 46.1 Å². The zero-order chi connectivity index (χ0) is 59.9. The summed E-state index contributed by atoms with van der Waals surface area (Å²) in [5, 5.41) is 37.7. The van der Waals surface area contributed by atoms with Crippen LogP contribution in [0.1, 0.15) is 120 Å². The molecule has 87 heavy (non-hydrogen) atoms. The number of benzene rings is 2. The fourth-order valence-corrected chi connectivity index (χ4v) is 16.3. The number of aryl methyl sites for hydroxylation is 1. The van der Waals surface area contributed by atoms with E-state index < -0.39 is 18.1 Å². The number of carbonyl (C=O) groups excluding carboxylic acids is 2. The number of piperidine rings is 4. The first kappa shape index (κ1) is 59.1. The van der Waals surface area contributed by atoms with Gasteiger partial charge in [-0.05, 0) is 169 Å². The Morgan fingerprint density at radius 1 is 0.816 bits per heavy atom. The summed E-state index contributed by atoms with van der Waals surface area (Å²) in [4.78, 5) is 52.8. The van der Waals surface area contributed by atoms with Crippen molar-refractivity contribution >= 4 is 46.2 Å². The van der Waals surface area contributed by atoms with Gasteiger partial charge in [-0.1, -0.05) is 55.4 Å². The number of nitrogen functional groups attached to an aromatic ring is 1. The fourth-order valence-electron chi connectivity index (χ4n) is 15.5. The van der Waals surface area contributed by atoms with Gasteiger partial charge in [0, 0.05) is 94.4 Å². The standard InChI is InChI=1S/C67H87N13O6S/c1-42(2)62(66(84)80-40-52(81)32-57(80)65(83)71-43(3)48-10-12-49(13-11-48)63-44(4)70-41-87-63)59-34-60(74-86-59)77-27-20-67(21-28-77)18-25-76(26-19-67)35-45-16-23-75(24-17-45)36-47-29-53(30-47)85-61-31-50(15-22-69-61)79-38-46-9-14-51(79)39-78(37-46)56-33-55(72-73-64(56)68)54-7-5-6-8-58(54)82/h5-8,10-13,15,22,31,33-34,41-43,45-47,51-53,57,62,81-82H,9,14,16-21,23-30,32,35-40H2,1-4H3,(H2,68,73)(H,71,83)/t43-,46?,47?,51?,52+,53?,57-,62+/m0/s1. The molecule has 0 radical (unpaired) electrons. The number of phenolic OH excluding ortho intramolecular Hbond substituents is 1. The van der Waals surface area contributed by atoms with E-state index >= 15 is 0 Å². The summed E-state index contributed by atoms with van der Waals surface area (Å²) in [5.41, 5.74) is 15.0. The lowest BCUT2D eigenvalue weighted by atomic mass is 9.71. The Morgan fingerprint density at radius 2 is 1.56 bits per heavy atom. The summed E-state index contributed by atoms with van der Waals surface area (Å²) >= 11 is 1.61. The second-order valence-electron chi connectivity index (χ2n) is 27.0. The Morgan fingerprint density at radius 3 is 2.31 bits per heavy atom. The number of thiazole rings is 1. The molecule has 8 fully saturated rings. The van der Waals surface area contributed by atoms with E-state index in [1.54, 1.807) is 28.4 Å². The lowest BCUT2D eigenvalue weighted by molar-refractivity contribution is -0.141. The quantitative estimate of drug-likeness (QED) is 0.0669. The summed E-state index contributed by atoms with van der Waals surface area (Å²) < 4.78 is 12.6. The topological polar surface area (TPSA) is 219 Å². The van der Waals surface area contributed by atoms with Crippen molar-refractivity contribution in [2.24, 2.45) is 29.1 Å². The van der Waals surface area contributed by atoms with Gasteiger partial charge >= 0.3 is 0 Å². The second kappa shape index (κ2) is 25.3. The van der Waals surface area contributed by atoms with Crippen molar-refractivity contribution in [3.05, 3.63) is 102 Å². The summed E-state index contributed by atoms with van der Waals surface area (Å²) in [6.45, 7) is 19.6. The van der Waals surface area contributed by atoms with E-state index in [4.69, 9.17) is 15.0 Å². The molecule has 19 nitrogen and oxygen atoms in total. The molecule has 2 bridgehead atoms. The molecule has 6 aromatic rings. The number of aliphatic hydroxyl groups is 1. The van der Waals surface area contributed by atoms with E-state index in [1.807, 2.05) is 75.8 Å². The molecule has 11 heterocycles. The minimum absolute atomic E-state index is 0.0954. The fraction of sp³-hybridized carbons (Fsp3) is 0.567. The highest BCUT2D eigenvalue weighted by molar-refractivity contribution is 7.13. The van der Waals surface area contributed by atoms with E-state index in [1.165, 1.54) is 58.4 Å². The number of likely N-dealkylation sites (tertiary alicyclic amines) is 3. The number of fused-ring (bicyclic) bond motifs is 4. The van der Waals surface area contributed by atoms with E-state index in [0.717, 1.165) is 128 Å². The summed E-state index contributed by atoms with van der Waals surface area (Å²) in [6, 6.07) is 22.8. The maximum Gasteiger partial charge on any atom is 0.243 e. The minimum Gasteiger partial charge on any atom is -0.507 e. The van der Waals surface area contributed by atoms with Crippen LogP contribution in [-0.2, 0) is 9.59 Å². The Hall–Kier alpha value is -6.87. The molecule has 1 aliphatic carbocycles. The van der Waals surface area contributed by atoms with Crippen LogP contribution in [0.15, 0.2) is 89.0 Å². The summed E-state index contributed by atoms with van der Waals surface area (Å²) in [5.74, 6) is 3.21. The van der Waals surface area contributed by atoms with Crippen LogP contribution in [-0.4, -0.2) is 165 Å². The number of β-amino-alcohol motifs (C(OH)–C–C–N with tert-alkyl or cyclic N) is 1. The summed E-state index contributed by atoms with van der Waals surface area (Å²) in [6.07, 6.45) is 13.2. The van der Waals surface area contributed by atoms with Gasteiger partial charge in [-0.3, -0.25) is 9.59 Å². The molecule has 14 rings (SSSR count). The van der Waals surface area contributed by atoms with Crippen LogP contribution < -0.4 is 30.5 Å². The third-order valence-corrected chi connectivity index (χ3v) is 21.7. The number of amides is 2. The van der Waals surface area contributed by atoms with Gasteiger partial charge in [-0.2, -0.15) is 0 Å². The molecule has 2 aromatic carbocycles. The highest BCUT2D eigenvalue weighted by Crippen LogP contribution is 2.44. The zero-order valence-electron chi connectivity index (χ0n) is 51.1. The van der Waals surface area contributed by atoms with Gasteiger partial charge in [0.15, 0.2) is 17.4 Å². The number of nitrogens with one attached hydrogen (secondary N) is 1. The van der Waals surface area contributed by atoms with Crippen LogP contribution >= 0.6 is 11.3 Å². The molecule has 20 heteroatoms. The molecule has 2 unspecified atom stereocenters.